The number of rotatable bonds is 6. The van der Waals surface area contributed by atoms with Crippen molar-refractivity contribution in [3.63, 3.8) is 0 Å². The Bertz CT molecular complexity index is 1180. The molecule has 1 amide bonds. The van der Waals surface area contributed by atoms with Crippen molar-refractivity contribution < 1.29 is 17.9 Å². The summed E-state index contributed by atoms with van der Waals surface area (Å²) >= 11 is 6.01. The van der Waals surface area contributed by atoms with Gasteiger partial charge in [0, 0.05) is 17.6 Å². The van der Waals surface area contributed by atoms with Crippen molar-refractivity contribution in [3.05, 3.63) is 82.9 Å². The zero-order valence-corrected chi connectivity index (χ0v) is 18.3. The number of nitrogens with one attached hydrogen (secondary N) is 1. The summed E-state index contributed by atoms with van der Waals surface area (Å²) in [5.41, 5.74) is 2.04. The van der Waals surface area contributed by atoms with Crippen LogP contribution in [0, 0.1) is 6.92 Å². The number of aryl methyl sites for hydroxylation is 1. The second-order valence-corrected chi connectivity index (χ2v) is 9.04. The number of sulfonamides is 1. The summed E-state index contributed by atoms with van der Waals surface area (Å²) < 4.78 is 32.2. The summed E-state index contributed by atoms with van der Waals surface area (Å²) in [5.74, 6) is 0.0431. The summed E-state index contributed by atoms with van der Waals surface area (Å²) in [6.45, 7) is 1.89. The van der Waals surface area contributed by atoms with Gasteiger partial charge in [0.2, 0.25) is 0 Å². The van der Waals surface area contributed by atoms with Crippen molar-refractivity contribution >= 4 is 38.9 Å². The van der Waals surface area contributed by atoms with Gasteiger partial charge in [-0.15, -0.1) is 0 Å². The van der Waals surface area contributed by atoms with E-state index in [0.29, 0.717) is 27.7 Å². The van der Waals surface area contributed by atoms with E-state index < -0.39 is 15.9 Å². The maximum absolute atomic E-state index is 12.9. The van der Waals surface area contributed by atoms with Crippen molar-refractivity contribution in [2.45, 2.75) is 11.8 Å². The van der Waals surface area contributed by atoms with Gasteiger partial charge >= 0.3 is 0 Å². The van der Waals surface area contributed by atoms with E-state index in [9.17, 15) is 13.2 Å². The lowest BCUT2D eigenvalue weighted by atomic mass is 10.2. The molecule has 0 radical (unpaired) electrons. The second kappa shape index (κ2) is 8.77. The van der Waals surface area contributed by atoms with Gasteiger partial charge in [0.05, 0.1) is 23.4 Å². The highest BCUT2D eigenvalue weighted by atomic mass is 35.5. The molecule has 6 nitrogen and oxygen atoms in total. The Hall–Kier alpha value is -3.03. The van der Waals surface area contributed by atoms with Crippen LogP contribution in [0.4, 0.5) is 11.4 Å². The fourth-order valence-electron chi connectivity index (χ4n) is 2.82. The van der Waals surface area contributed by atoms with Gasteiger partial charge in [-0.1, -0.05) is 35.4 Å². The smallest absolute Gasteiger partial charge is 0.264 e. The maximum Gasteiger partial charge on any atom is 0.264 e. The first-order chi connectivity index (χ1) is 14.2. The molecule has 0 saturated heterocycles. The van der Waals surface area contributed by atoms with Crippen molar-refractivity contribution in [3.8, 4) is 5.75 Å². The molecule has 0 fully saturated rings. The first-order valence-electron chi connectivity index (χ1n) is 9.03. The van der Waals surface area contributed by atoms with Crippen LogP contribution in [0.2, 0.25) is 5.02 Å². The zero-order chi connectivity index (χ0) is 21.9. The Morgan fingerprint density at radius 2 is 1.73 bits per heavy atom. The number of amides is 1. The largest absolute Gasteiger partial charge is 0.495 e. The van der Waals surface area contributed by atoms with Gasteiger partial charge in [0.15, 0.2) is 0 Å². The third kappa shape index (κ3) is 4.58. The number of nitrogens with zero attached hydrogens (tertiary/aromatic N) is 1. The van der Waals surface area contributed by atoms with E-state index in [1.54, 1.807) is 60.7 Å². The molecular weight excluding hydrogens is 424 g/mol. The van der Waals surface area contributed by atoms with Crippen LogP contribution in [-0.4, -0.2) is 28.5 Å². The van der Waals surface area contributed by atoms with Crippen molar-refractivity contribution in [2.24, 2.45) is 0 Å². The van der Waals surface area contributed by atoms with Crippen molar-refractivity contribution in [2.75, 3.05) is 23.8 Å². The molecule has 0 aliphatic rings. The van der Waals surface area contributed by atoms with E-state index in [0.717, 1.165) is 9.87 Å². The zero-order valence-electron chi connectivity index (χ0n) is 16.7. The van der Waals surface area contributed by atoms with Gasteiger partial charge < -0.3 is 10.1 Å². The summed E-state index contributed by atoms with van der Waals surface area (Å²) in [7, 11) is -0.821. The molecule has 0 aliphatic heterocycles. The molecule has 0 saturated carbocycles. The number of benzene rings is 3. The van der Waals surface area contributed by atoms with Crippen LogP contribution < -0.4 is 14.4 Å². The highest BCUT2D eigenvalue weighted by molar-refractivity contribution is 7.92. The molecule has 0 aromatic heterocycles. The topological polar surface area (TPSA) is 75.7 Å². The highest BCUT2D eigenvalue weighted by Gasteiger charge is 2.22. The van der Waals surface area contributed by atoms with E-state index in [2.05, 4.69) is 5.32 Å². The summed E-state index contributed by atoms with van der Waals surface area (Å²) in [6, 6.07) is 17.8. The molecule has 0 heterocycles. The molecular formula is C22H21ClN2O4S. The maximum atomic E-state index is 12.9. The van der Waals surface area contributed by atoms with Gasteiger partial charge in [0.25, 0.3) is 15.9 Å². The second-order valence-electron chi connectivity index (χ2n) is 6.63. The fourth-order valence-corrected chi connectivity index (χ4v) is 4.18. The minimum Gasteiger partial charge on any atom is -0.495 e. The predicted molar refractivity (Wildman–Crippen MR) is 119 cm³/mol. The number of carbonyl (C=O) groups is 1. The molecule has 8 heteroatoms. The minimum atomic E-state index is -3.76. The van der Waals surface area contributed by atoms with Crippen LogP contribution in [0.15, 0.2) is 71.6 Å². The molecule has 0 aliphatic carbocycles. The Morgan fingerprint density at radius 3 is 2.40 bits per heavy atom. The minimum absolute atomic E-state index is 0.175. The Balaban J connectivity index is 1.88. The van der Waals surface area contributed by atoms with Crippen molar-refractivity contribution in [1.29, 1.82) is 0 Å². The van der Waals surface area contributed by atoms with Gasteiger partial charge in [-0.25, -0.2) is 8.42 Å². The first kappa shape index (κ1) is 21.7. The van der Waals surface area contributed by atoms with E-state index in [4.69, 9.17) is 16.3 Å². The number of hydrogen-bond donors (Lipinski definition) is 1. The van der Waals surface area contributed by atoms with E-state index in [1.807, 2.05) is 6.92 Å². The summed E-state index contributed by atoms with van der Waals surface area (Å²) in [4.78, 5) is 12.9. The lowest BCUT2D eigenvalue weighted by Gasteiger charge is -2.20. The van der Waals surface area contributed by atoms with E-state index >= 15 is 0 Å². The average Bonchev–Trinajstić information content (AvgIpc) is 2.73. The number of hydrogen-bond acceptors (Lipinski definition) is 4. The SMILES string of the molecule is COc1ccc(Cl)cc1NC(=O)c1cccc(N(C)S(=O)(=O)c2ccc(C)cc2)c1. The van der Waals surface area contributed by atoms with Gasteiger partial charge in [0.1, 0.15) is 5.75 Å². The number of anilines is 2. The Morgan fingerprint density at radius 1 is 1.03 bits per heavy atom. The number of ether oxygens (including phenoxy) is 1. The first-order valence-corrected chi connectivity index (χ1v) is 10.8. The quantitative estimate of drug-likeness (QED) is 0.596. The van der Waals surface area contributed by atoms with Crippen LogP contribution in [0.5, 0.6) is 5.75 Å². The monoisotopic (exact) mass is 444 g/mol. The number of carbonyl (C=O) groups excluding carboxylic acids is 1. The molecule has 3 rings (SSSR count). The molecule has 0 unspecified atom stereocenters. The molecule has 3 aromatic rings. The highest BCUT2D eigenvalue weighted by Crippen LogP contribution is 2.29. The molecule has 3 aromatic carbocycles. The lowest BCUT2D eigenvalue weighted by Crippen LogP contribution is -2.27. The van der Waals surface area contributed by atoms with E-state index in [1.165, 1.54) is 20.2 Å². The predicted octanol–water partition coefficient (Wildman–Crippen LogP) is 4.73. The number of methoxy groups -OCH3 is 1. The van der Waals surface area contributed by atoms with Gasteiger partial charge in [-0.05, 0) is 55.5 Å². The molecule has 30 heavy (non-hydrogen) atoms. The standard InChI is InChI=1S/C22H21ClN2O4S/c1-15-7-10-19(11-8-15)30(27,28)25(2)18-6-4-5-16(13-18)22(26)24-20-14-17(23)9-12-21(20)29-3/h4-14H,1-3H3,(H,24,26). The van der Waals surface area contributed by atoms with Crippen LogP contribution >= 0.6 is 11.6 Å². The molecule has 156 valence electrons. The third-order valence-electron chi connectivity index (χ3n) is 4.56. The van der Waals surface area contributed by atoms with Crippen LogP contribution in [-0.2, 0) is 10.0 Å². The summed E-state index contributed by atoms with van der Waals surface area (Å²) in [5, 5.41) is 3.19. The Labute approximate surface area is 181 Å². The van der Waals surface area contributed by atoms with Crippen LogP contribution in [0.3, 0.4) is 0 Å². The van der Waals surface area contributed by atoms with Crippen molar-refractivity contribution in [1.82, 2.24) is 0 Å². The molecule has 0 atom stereocenters. The van der Waals surface area contributed by atoms with Crippen LogP contribution in [0.25, 0.3) is 0 Å². The molecule has 0 spiro atoms. The van der Waals surface area contributed by atoms with Crippen LogP contribution in [0.1, 0.15) is 15.9 Å². The van der Waals surface area contributed by atoms with Gasteiger partial charge in [-0.2, -0.15) is 0 Å². The fraction of sp³-hybridized carbons (Fsp3) is 0.136. The van der Waals surface area contributed by atoms with E-state index in [-0.39, 0.29) is 4.90 Å². The summed E-state index contributed by atoms with van der Waals surface area (Å²) in [6.07, 6.45) is 0. The normalized spacial score (nSPS) is 11.1. The average molecular weight is 445 g/mol. The lowest BCUT2D eigenvalue weighted by molar-refractivity contribution is 0.102. The molecule has 0 bridgehead atoms. The third-order valence-corrected chi connectivity index (χ3v) is 6.60. The number of halogens is 1. The Kier molecular flexibility index (Phi) is 6.34. The molecule has 1 N–H and O–H groups in total. The van der Waals surface area contributed by atoms with Gasteiger partial charge in [-0.3, -0.25) is 9.10 Å².